The molecule has 0 saturated carbocycles. The zero-order valence-electron chi connectivity index (χ0n) is 14.1. The van der Waals surface area contributed by atoms with Crippen molar-refractivity contribution in [3.8, 4) is 0 Å². The van der Waals surface area contributed by atoms with Gasteiger partial charge >= 0.3 is 0 Å². The van der Waals surface area contributed by atoms with Gasteiger partial charge in [-0.15, -0.1) is 22.6 Å². The van der Waals surface area contributed by atoms with E-state index in [0.717, 1.165) is 31.3 Å². The highest BCUT2D eigenvalue weighted by Gasteiger charge is 2.32. The summed E-state index contributed by atoms with van der Waals surface area (Å²) in [5.41, 5.74) is 0. The summed E-state index contributed by atoms with van der Waals surface area (Å²) in [4.78, 5) is 0.137. The van der Waals surface area contributed by atoms with Crippen molar-refractivity contribution in [2.45, 2.75) is 36.7 Å². The largest absolute Gasteiger partial charge is 0.312 e. The molecule has 2 aliphatic heterocycles. The zero-order chi connectivity index (χ0) is 17.4. The van der Waals surface area contributed by atoms with Gasteiger partial charge in [-0.05, 0) is 37.1 Å². The van der Waals surface area contributed by atoms with Crippen LogP contribution in [0.25, 0.3) is 0 Å². The van der Waals surface area contributed by atoms with E-state index in [1.165, 1.54) is 28.6 Å². The summed E-state index contributed by atoms with van der Waals surface area (Å²) < 4.78 is 42.0. The van der Waals surface area contributed by atoms with E-state index >= 15 is 0 Å². The molecular formula is C16H21ClFN5O2S. The number of nitrogens with zero attached hydrogens (tertiary/aromatic N) is 4. The van der Waals surface area contributed by atoms with Gasteiger partial charge in [0.1, 0.15) is 17.5 Å². The molecule has 0 spiro atoms. The van der Waals surface area contributed by atoms with Crippen LogP contribution in [-0.4, -0.2) is 47.1 Å². The van der Waals surface area contributed by atoms with Crippen LogP contribution in [0.4, 0.5) is 4.39 Å². The Balaban J connectivity index is 0.00000196. The third-order valence-electron chi connectivity index (χ3n) is 4.92. The first-order chi connectivity index (χ1) is 12.1. The number of aromatic nitrogens is 3. The van der Waals surface area contributed by atoms with Crippen LogP contribution in [0.3, 0.4) is 0 Å². The van der Waals surface area contributed by atoms with Crippen molar-refractivity contribution in [2.75, 3.05) is 19.6 Å². The number of hydrogen-bond acceptors (Lipinski definition) is 5. The molecule has 0 unspecified atom stereocenters. The summed E-state index contributed by atoms with van der Waals surface area (Å²) in [6.07, 6.45) is 1.43. The molecule has 3 heterocycles. The highest BCUT2D eigenvalue weighted by atomic mass is 35.5. The molecule has 1 aromatic heterocycles. The van der Waals surface area contributed by atoms with Gasteiger partial charge in [0.25, 0.3) is 0 Å². The fourth-order valence-electron chi connectivity index (χ4n) is 3.53. The Bertz CT molecular complexity index is 863. The fourth-order valence-corrected chi connectivity index (χ4v) is 5.00. The van der Waals surface area contributed by atoms with Crippen LogP contribution in [0.2, 0.25) is 0 Å². The lowest BCUT2D eigenvalue weighted by atomic mass is 9.97. The van der Waals surface area contributed by atoms with E-state index < -0.39 is 15.8 Å². The SMILES string of the molecule is Cl.O=S(=O)(c1ccc(F)cc1)N1CCC(c2nnc3n2CCNC3)CC1. The standard InChI is InChI=1S/C16H20FN5O2S.ClH/c17-13-1-3-14(4-2-13)25(23,24)21-8-5-12(6-9-21)16-20-19-15-11-18-7-10-22(15)16;/h1-4,12,18H,5-11H2;1H. The number of benzene rings is 1. The molecular weight excluding hydrogens is 381 g/mol. The van der Waals surface area contributed by atoms with Gasteiger partial charge in [0.2, 0.25) is 10.0 Å². The topological polar surface area (TPSA) is 80.1 Å². The van der Waals surface area contributed by atoms with E-state index in [4.69, 9.17) is 0 Å². The molecule has 1 N–H and O–H groups in total. The van der Waals surface area contributed by atoms with Crippen molar-refractivity contribution in [2.24, 2.45) is 0 Å². The van der Waals surface area contributed by atoms with Crippen molar-refractivity contribution >= 4 is 22.4 Å². The summed E-state index contributed by atoms with van der Waals surface area (Å²) in [7, 11) is -3.57. The molecule has 26 heavy (non-hydrogen) atoms. The molecule has 10 heteroatoms. The molecule has 142 valence electrons. The van der Waals surface area contributed by atoms with Gasteiger partial charge in [0.05, 0.1) is 11.4 Å². The van der Waals surface area contributed by atoms with Crippen molar-refractivity contribution in [1.29, 1.82) is 0 Å². The summed E-state index contributed by atoms with van der Waals surface area (Å²) in [6.45, 7) is 3.35. The number of rotatable bonds is 3. The second kappa shape index (κ2) is 7.59. The number of halogens is 2. The molecule has 4 rings (SSSR count). The molecule has 1 saturated heterocycles. The first kappa shape index (κ1) is 19.2. The predicted molar refractivity (Wildman–Crippen MR) is 96.1 cm³/mol. The number of sulfonamides is 1. The quantitative estimate of drug-likeness (QED) is 0.843. The Labute approximate surface area is 158 Å². The highest BCUT2D eigenvalue weighted by molar-refractivity contribution is 7.89. The average Bonchev–Trinajstić information content (AvgIpc) is 3.06. The maximum atomic E-state index is 13.0. The van der Waals surface area contributed by atoms with Gasteiger partial charge in [0.15, 0.2) is 0 Å². The normalized spacial score (nSPS) is 19.0. The Morgan fingerprint density at radius 3 is 2.46 bits per heavy atom. The van der Waals surface area contributed by atoms with E-state index in [9.17, 15) is 12.8 Å². The first-order valence-corrected chi connectivity index (χ1v) is 9.88. The van der Waals surface area contributed by atoms with Crippen LogP contribution >= 0.6 is 12.4 Å². The van der Waals surface area contributed by atoms with Gasteiger partial charge in [0, 0.05) is 32.1 Å². The Kier molecular flexibility index (Phi) is 5.61. The lowest BCUT2D eigenvalue weighted by molar-refractivity contribution is 0.307. The molecule has 7 nitrogen and oxygen atoms in total. The molecule has 0 amide bonds. The Morgan fingerprint density at radius 2 is 1.77 bits per heavy atom. The van der Waals surface area contributed by atoms with E-state index in [-0.39, 0.29) is 23.2 Å². The minimum Gasteiger partial charge on any atom is -0.312 e. The third-order valence-corrected chi connectivity index (χ3v) is 6.83. The van der Waals surface area contributed by atoms with Crippen molar-refractivity contribution in [1.82, 2.24) is 24.4 Å². The molecule has 2 aromatic rings. The molecule has 0 radical (unpaired) electrons. The van der Waals surface area contributed by atoms with Crippen LogP contribution in [-0.2, 0) is 23.1 Å². The summed E-state index contributed by atoms with van der Waals surface area (Å²) >= 11 is 0. The second-order valence-corrected chi connectivity index (χ2v) is 8.37. The van der Waals surface area contributed by atoms with Gasteiger partial charge in [-0.25, -0.2) is 12.8 Å². The predicted octanol–water partition coefficient (Wildman–Crippen LogP) is 1.51. The number of fused-ring (bicyclic) bond motifs is 1. The van der Waals surface area contributed by atoms with E-state index in [1.54, 1.807) is 0 Å². The molecule has 0 bridgehead atoms. The van der Waals surface area contributed by atoms with Crippen LogP contribution < -0.4 is 5.32 Å². The molecule has 0 aliphatic carbocycles. The minimum atomic E-state index is -3.57. The summed E-state index contributed by atoms with van der Waals surface area (Å²) in [5.74, 6) is 1.70. The van der Waals surface area contributed by atoms with Crippen LogP contribution in [0.1, 0.15) is 30.4 Å². The van der Waals surface area contributed by atoms with Crippen molar-refractivity contribution in [3.05, 3.63) is 41.7 Å². The zero-order valence-corrected chi connectivity index (χ0v) is 15.8. The van der Waals surface area contributed by atoms with E-state index in [1.807, 2.05) is 0 Å². The molecule has 1 fully saturated rings. The molecule has 0 atom stereocenters. The smallest absolute Gasteiger partial charge is 0.243 e. The van der Waals surface area contributed by atoms with Crippen LogP contribution in [0.5, 0.6) is 0 Å². The number of piperidine rings is 1. The summed E-state index contributed by atoms with van der Waals surface area (Å²) in [6, 6.07) is 4.99. The lowest BCUT2D eigenvalue weighted by Gasteiger charge is -2.31. The van der Waals surface area contributed by atoms with Gasteiger partial charge in [-0.1, -0.05) is 0 Å². The van der Waals surface area contributed by atoms with Crippen LogP contribution in [0, 0.1) is 5.82 Å². The van der Waals surface area contributed by atoms with Gasteiger partial charge in [-0.2, -0.15) is 4.31 Å². The van der Waals surface area contributed by atoms with Crippen molar-refractivity contribution < 1.29 is 12.8 Å². The Morgan fingerprint density at radius 1 is 1.08 bits per heavy atom. The average molecular weight is 402 g/mol. The second-order valence-electron chi connectivity index (χ2n) is 6.44. The van der Waals surface area contributed by atoms with Gasteiger partial charge in [-0.3, -0.25) is 0 Å². The maximum absolute atomic E-state index is 13.0. The van der Waals surface area contributed by atoms with Crippen molar-refractivity contribution in [3.63, 3.8) is 0 Å². The fraction of sp³-hybridized carbons (Fsp3) is 0.500. The first-order valence-electron chi connectivity index (χ1n) is 8.44. The van der Waals surface area contributed by atoms with Gasteiger partial charge < -0.3 is 9.88 Å². The summed E-state index contributed by atoms with van der Waals surface area (Å²) in [5, 5.41) is 11.8. The maximum Gasteiger partial charge on any atom is 0.243 e. The third kappa shape index (κ3) is 3.48. The minimum absolute atomic E-state index is 0. The number of hydrogen-bond donors (Lipinski definition) is 1. The highest BCUT2D eigenvalue weighted by Crippen LogP contribution is 2.30. The Hall–Kier alpha value is -1.55. The van der Waals surface area contributed by atoms with E-state index in [2.05, 4.69) is 20.1 Å². The monoisotopic (exact) mass is 401 g/mol. The van der Waals surface area contributed by atoms with E-state index in [0.29, 0.717) is 25.9 Å². The number of nitrogens with one attached hydrogen (secondary N) is 1. The van der Waals surface area contributed by atoms with Crippen LogP contribution in [0.15, 0.2) is 29.2 Å². The lowest BCUT2D eigenvalue weighted by Crippen LogP contribution is -2.38. The molecule has 2 aliphatic rings. The molecule has 1 aromatic carbocycles.